The summed E-state index contributed by atoms with van der Waals surface area (Å²) in [5, 5.41) is 14.2. The van der Waals surface area contributed by atoms with E-state index >= 15 is 0 Å². The number of rotatable bonds is 6. The second kappa shape index (κ2) is 10.7. The Kier molecular flexibility index (Phi) is 7.20. The molecule has 0 atom stereocenters. The van der Waals surface area contributed by atoms with E-state index in [1.807, 2.05) is 24.5 Å². The Balaban J connectivity index is 1.46. The van der Waals surface area contributed by atoms with Gasteiger partial charge >= 0.3 is 5.97 Å². The maximum atomic E-state index is 11.7. The van der Waals surface area contributed by atoms with E-state index in [-0.39, 0.29) is 18.2 Å². The number of aliphatic hydroxyl groups is 1. The molecule has 1 aliphatic carbocycles. The number of fused-ring (bicyclic) bond motifs is 1. The highest BCUT2D eigenvalue weighted by atomic mass is 16.5. The van der Waals surface area contributed by atoms with Gasteiger partial charge < -0.3 is 19.9 Å². The Morgan fingerprint density at radius 1 is 1.03 bits per heavy atom. The highest BCUT2D eigenvalue weighted by molar-refractivity contribution is 5.89. The van der Waals surface area contributed by atoms with Gasteiger partial charge in [0, 0.05) is 24.4 Å². The first-order chi connectivity index (χ1) is 17.1. The van der Waals surface area contributed by atoms with E-state index in [0.717, 1.165) is 73.6 Å². The summed E-state index contributed by atoms with van der Waals surface area (Å²) in [4.78, 5) is 26.1. The fourth-order valence-corrected chi connectivity index (χ4v) is 5.05. The quantitative estimate of drug-likeness (QED) is 0.520. The number of hydrogen-bond donors (Lipinski definition) is 2. The molecule has 0 amide bonds. The van der Waals surface area contributed by atoms with Gasteiger partial charge in [-0.3, -0.25) is 0 Å². The average Bonchev–Trinajstić information content (AvgIpc) is 2.90. The summed E-state index contributed by atoms with van der Waals surface area (Å²) < 4.78 is 11.1. The molecule has 0 bridgehead atoms. The summed E-state index contributed by atoms with van der Waals surface area (Å²) in [6, 6.07) is 7.33. The van der Waals surface area contributed by atoms with E-state index in [1.165, 1.54) is 7.11 Å². The number of hydrogen-bond acceptors (Lipinski definition) is 8. The van der Waals surface area contributed by atoms with Crippen LogP contribution < -0.4 is 10.1 Å². The van der Waals surface area contributed by atoms with E-state index in [0.29, 0.717) is 29.6 Å². The fourth-order valence-electron chi connectivity index (χ4n) is 5.05. The van der Waals surface area contributed by atoms with Gasteiger partial charge in [-0.15, -0.1) is 0 Å². The Bertz CT molecular complexity index is 1170. The summed E-state index contributed by atoms with van der Waals surface area (Å²) in [7, 11) is 1.38. The second-order valence-electron chi connectivity index (χ2n) is 9.51. The monoisotopic (exact) mass is 476 g/mol. The van der Waals surface area contributed by atoms with E-state index in [1.54, 1.807) is 12.1 Å². The number of carbonyl (C=O) groups excluding carboxylic acids is 1. The lowest BCUT2D eigenvalue weighted by Crippen LogP contribution is -2.34. The molecule has 5 rings (SSSR count). The fraction of sp³-hybridized carbons (Fsp3) is 0.481. The predicted molar refractivity (Wildman–Crippen MR) is 132 cm³/mol. The van der Waals surface area contributed by atoms with Crippen LogP contribution in [0.2, 0.25) is 0 Å². The number of carbonyl (C=O) groups is 1. The summed E-state index contributed by atoms with van der Waals surface area (Å²) in [5.74, 6) is 1.26. The van der Waals surface area contributed by atoms with Crippen LogP contribution in [0.5, 0.6) is 5.88 Å². The Morgan fingerprint density at radius 2 is 1.77 bits per heavy atom. The molecule has 35 heavy (non-hydrogen) atoms. The maximum Gasteiger partial charge on any atom is 0.337 e. The first-order valence-electron chi connectivity index (χ1n) is 12.5. The van der Waals surface area contributed by atoms with Crippen molar-refractivity contribution >= 4 is 16.9 Å². The maximum absolute atomic E-state index is 11.7. The molecular formula is C27H32N4O4. The van der Waals surface area contributed by atoms with Crippen molar-refractivity contribution in [3.8, 4) is 5.88 Å². The van der Waals surface area contributed by atoms with Crippen LogP contribution >= 0.6 is 0 Å². The minimum atomic E-state index is -0.352. The van der Waals surface area contributed by atoms with Crippen LogP contribution in [0, 0.1) is 0 Å². The van der Waals surface area contributed by atoms with Crippen LogP contribution in [-0.4, -0.2) is 58.4 Å². The van der Waals surface area contributed by atoms with Crippen molar-refractivity contribution in [3.63, 3.8) is 0 Å². The molecule has 0 radical (unpaired) electrons. The number of nitrogens with one attached hydrogen (secondary N) is 1. The third-order valence-electron chi connectivity index (χ3n) is 7.10. The van der Waals surface area contributed by atoms with E-state index in [2.05, 4.69) is 10.3 Å². The molecule has 8 heteroatoms. The van der Waals surface area contributed by atoms with Crippen molar-refractivity contribution in [3.05, 3.63) is 59.2 Å². The largest absolute Gasteiger partial charge is 0.474 e. The zero-order valence-corrected chi connectivity index (χ0v) is 20.1. The highest BCUT2D eigenvalue weighted by Crippen LogP contribution is 2.37. The molecule has 2 aromatic heterocycles. The van der Waals surface area contributed by atoms with E-state index in [4.69, 9.17) is 19.4 Å². The van der Waals surface area contributed by atoms with Gasteiger partial charge in [0.05, 0.1) is 29.7 Å². The number of aliphatic hydroxyl groups excluding tert-OH is 1. The van der Waals surface area contributed by atoms with Crippen molar-refractivity contribution in [2.24, 2.45) is 0 Å². The van der Waals surface area contributed by atoms with E-state index < -0.39 is 0 Å². The zero-order chi connectivity index (χ0) is 24.2. The third kappa shape index (κ3) is 5.44. The number of piperidine rings is 1. The number of nitrogens with zero attached hydrogens (tertiary/aromatic N) is 3. The zero-order valence-electron chi connectivity index (χ0n) is 20.1. The van der Waals surface area contributed by atoms with Crippen molar-refractivity contribution in [1.82, 2.24) is 20.3 Å². The first kappa shape index (κ1) is 23.6. The molecule has 8 nitrogen and oxygen atoms in total. The van der Waals surface area contributed by atoms with Crippen LogP contribution in [0.25, 0.3) is 10.9 Å². The van der Waals surface area contributed by atoms with Crippen molar-refractivity contribution in [1.29, 1.82) is 0 Å². The van der Waals surface area contributed by atoms with Gasteiger partial charge in [0.25, 0.3) is 0 Å². The summed E-state index contributed by atoms with van der Waals surface area (Å²) >= 11 is 0. The highest BCUT2D eigenvalue weighted by Gasteiger charge is 2.25. The van der Waals surface area contributed by atoms with Gasteiger partial charge in [-0.1, -0.05) is 12.1 Å². The lowest BCUT2D eigenvalue weighted by Gasteiger charge is -2.27. The Morgan fingerprint density at radius 3 is 2.49 bits per heavy atom. The summed E-state index contributed by atoms with van der Waals surface area (Å²) in [6.45, 7) is 1.89. The molecule has 0 spiro atoms. The minimum Gasteiger partial charge on any atom is -0.474 e. The third-order valence-corrected chi connectivity index (χ3v) is 7.10. The molecule has 1 aromatic carbocycles. The Labute approximate surface area is 205 Å². The molecule has 0 unspecified atom stereocenters. The topological polar surface area (TPSA) is 106 Å². The van der Waals surface area contributed by atoms with Crippen LogP contribution in [0.3, 0.4) is 0 Å². The van der Waals surface area contributed by atoms with Gasteiger partial charge in [-0.25, -0.2) is 19.7 Å². The van der Waals surface area contributed by atoms with Crippen LogP contribution in [-0.2, 0) is 11.2 Å². The molecule has 3 heterocycles. The smallest absolute Gasteiger partial charge is 0.337 e. The predicted octanol–water partition coefficient (Wildman–Crippen LogP) is 3.55. The molecule has 2 fully saturated rings. The molecule has 2 aliphatic rings. The molecule has 1 saturated carbocycles. The standard InChI is InChI=1S/C27H32N4O4/c1-34-27(33)19-4-2-17(3-5-19)14-24-29-16-23-25(31-24)22(18-6-8-20(32)9-7-18)15-30-26(23)35-21-10-12-28-13-11-21/h2-5,15-16,18,20-21,28,32H,6-14H2,1H3. The van der Waals surface area contributed by atoms with Crippen LogP contribution in [0.4, 0.5) is 0 Å². The van der Waals surface area contributed by atoms with Crippen LogP contribution in [0.1, 0.15) is 71.8 Å². The van der Waals surface area contributed by atoms with Gasteiger partial charge in [-0.2, -0.15) is 0 Å². The minimum absolute atomic E-state index is 0.135. The number of methoxy groups -OCH3 is 1. The summed E-state index contributed by atoms with van der Waals surface area (Å²) in [6.07, 6.45) is 9.55. The van der Waals surface area contributed by atoms with Gasteiger partial charge in [-0.05, 0) is 75.2 Å². The molecular weight excluding hydrogens is 444 g/mol. The molecule has 2 N–H and O–H groups in total. The van der Waals surface area contributed by atoms with Gasteiger partial charge in [0.1, 0.15) is 11.9 Å². The summed E-state index contributed by atoms with van der Waals surface area (Å²) in [5.41, 5.74) is 3.53. The van der Waals surface area contributed by atoms with Crippen molar-refractivity contribution in [2.75, 3.05) is 20.2 Å². The molecule has 1 aliphatic heterocycles. The molecule has 184 valence electrons. The molecule has 1 saturated heterocycles. The normalized spacial score (nSPS) is 21.1. The molecule has 3 aromatic rings. The lowest BCUT2D eigenvalue weighted by atomic mass is 9.82. The number of benzene rings is 1. The Hall–Kier alpha value is -3.10. The number of ether oxygens (including phenoxy) is 2. The van der Waals surface area contributed by atoms with Gasteiger partial charge in [0.2, 0.25) is 5.88 Å². The number of aromatic nitrogens is 3. The van der Waals surface area contributed by atoms with Crippen molar-refractivity contribution < 1.29 is 19.4 Å². The SMILES string of the molecule is COC(=O)c1ccc(Cc2ncc3c(OC4CCNCC4)ncc(C4CCC(O)CC4)c3n2)cc1. The second-order valence-corrected chi connectivity index (χ2v) is 9.51. The number of pyridine rings is 1. The number of esters is 1. The lowest BCUT2D eigenvalue weighted by molar-refractivity contribution is 0.0600. The average molecular weight is 477 g/mol. The van der Waals surface area contributed by atoms with E-state index in [9.17, 15) is 9.90 Å². The first-order valence-corrected chi connectivity index (χ1v) is 12.5. The van der Waals surface area contributed by atoms with Crippen molar-refractivity contribution in [2.45, 2.75) is 63.1 Å². The van der Waals surface area contributed by atoms with Gasteiger partial charge in [0.15, 0.2) is 0 Å². The van der Waals surface area contributed by atoms with Crippen LogP contribution in [0.15, 0.2) is 36.7 Å².